The van der Waals surface area contributed by atoms with Gasteiger partial charge in [0.1, 0.15) is 0 Å². The monoisotopic (exact) mass is 406 g/mol. The molecule has 0 aliphatic rings. The second-order valence-corrected chi connectivity index (χ2v) is 7.19. The number of non-ortho nitro benzene ring substituents is 1. The van der Waals surface area contributed by atoms with Crippen molar-refractivity contribution in [3.05, 3.63) is 74.8 Å². The molecule has 0 aromatic heterocycles. The lowest BCUT2D eigenvalue weighted by Gasteiger charge is -2.10. The first-order chi connectivity index (χ1) is 12.5. The van der Waals surface area contributed by atoms with Gasteiger partial charge in [0.25, 0.3) is 5.69 Å². The molecule has 3 aromatic carbocycles. The van der Waals surface area contributed by atoms with Crippen molar-refractivity contribution >= 4 is 63.0 Å². The number of carbonyl (C=O) groups excluding carboxylic acids is 1. The summed E-state index contributed by atoms with van der Waals surface area (Å²) < 4.78 is 0. The smallest absolute Gasteiger partial charge is 0.272 e. The average molecular weight is 407 g/mol. The summed E-state index contributed by atoms with van der Waals surface area (Å²) in [5.41, 5.74) is -0.0643. The highest BCUT2D eigenvalue weighted by Crippen LogP contribution is 2.35. The van der Waals surface area contributed by atoms with Gasteiger partial charge >= 0.3 is 0 Å². The number of hydrogen-bond acceptors (Lipinski definition) is 4. The average Bonchev–Trinajstić information content (AvgIpc) is 2.62. The van der Waals surface area contributed by atoms with Crippen molar-refractivity contribution in [3.8, 4) is 0 Å². The van der Waals surface area contributed by atoms with Crippen LogP contribution in [0.3, 0.4) is 0 Å². The lowest BCUT2D eigenvalue weighted by molar-refractivity contribution is -0.384. The van der Waals surface area contributed by atoms with Crippen molar-refractivity contribution in [2.75, 3.05) is 11.1 Å². The molecule has 26 heavy (non-hydrogen) atoms. The molecule has 0 fully saturated rings. The molecule has 8 heteroatoms. The molecule has 0 saturated heterocycles. The fourth-order valence-electron chi connectivity index (χ4n) is 2.42. The van der Waals surface area contributed by atoms with Gasteiger partial charge in [-0.05, 0) is 16.8 Å². The summed E-state index contributed by atoms with van der Waals surface area (Å²) in [6.45, 7) is 0. The fourth-order valence-corrected chi connectivity index (χ4v) is 3.87. The molecule has 3 aromatic rings. The summed E-state index contributed by atoms with van der Waals surface area (Å²) in [7, 11) is 0. The normalized spacial score (nSPS) is 10.7. The zero-order valence-electron chi connectivity index (χ0n) is 13.2. The first-order valence-corrected chi connectivity index (χ1v) is 9.23. The number of anilines is 1. The highest BCUT2D eigenvalue weighted by Gasteiger charge is 2.16. The Balaban J connectivity index is 1.72. The topological polar surface area (TPSA) is 72.2 Å². The van der Waals surface area contributed by atoms with Crippen molar-refractivity contribution in [1.29, 1.82) is 0 Å². The number of thioether (sulfide) groups is 1. The number of benzene rings is 3. The van der Waals surface area contributed by atoms with Gasteiger partial charge in [0.15, 0.2) is 0 Å². The Morgan fingerprint density at radius 1 is 1.08 bits per heavy atom. The maximum atomic E-state index is 12.3. The van der Waals surface area contributed by atoms with E-state index < -0.39 is 4.92 Å². The van der Waals surface area contributed by atoms with Crippen LogP contribution in [0.4, 0.5) is 11.4 Å². The van der Waals surface area contributed by atoms with Gasteiger partial charge in [-0.25, -0.2) is 0 Å². The van der Waals surface area contributed by atoms with Gasteiger partial charge in [-0.2, -0.15) is 0 Å². The Morgan fingerprint density at radius 2 is 1.73 bits per heavy atom. The molecule has 0 atom stereocenters. The van der Waals surface area contributed by atoms with Gasteiger partial charge in [0, 0.05) is 17.0 Å². The van der Waals surface area contributed by atoms with Crippen LogP contribution in [-0.2, 0) is 4.79 Å². The summed E-state index contributed by atoms with van der Waals surface area (Å²) >= 11 is 13.4. The van der Waals surface area contributed by atoms with E-state index >= 15 is 0 Å². The minimum absolute atomic E-state index is 0.0210. The molecular weight excluding hydrogens is 395 g/mol. The Labute approximate surface area is 163 Å². The number of nitrogens with one attached hydrogen (secondary N) is 1. The second kappa shape index (κ2) is 7.95. The third kappa shape index (κ3) is 4.09. The number of amides is 1. The van der Waals surface area contributed by atoms with Crippen LogP contribution in [0, 0.1) is 10.1 Å². The number of nitro benzene ring substituents is 1. The van der Waals surface area contributed by atoms with Gasteiger partial charge in [-0.3, -0.25) is 14.9 Å². The van der Waals surface area contributed by atoms with E-state index in [0.29, 0.717) is 0 Å². The lowest BCUT2D eigenvalue weighted by atomic mass is 10.1. The van der Waals surface area contributed by atoms with Gasteiger partial charge in [-0.1, -0.05) is 59.6 Å². The van der Waals surface area contributed by atoms with Crippen LogP contribution in [0.2, 0.25) is 10.0 Å². The number of nitrogens with zero attached hydrogens (tertiary/aromatic N) is 1. The minimum atomic E-state index is -0.597. The lowest BCUT2D eigenvalue weighted by Crippen LogP contribution is -2.14. The maximum Gasteiger partial charge on any atom is 0.272 e. The third-order valence-corrected chi connectivity index (χ3v) is 5.28. The van der Waals surface area contributed by atoms with Crippen molar-refractivity contribution in [3.63, 3.8) is 0 Å². The molecule has 0 aliphatic carbocycles. The van der Waals surface area contributed by atoms with E-state index in [-0.39, 0.29) is 33.1 Å². The number of fused-ring (bicyclic) bond motifs is 1. The van der Waals surface area contributed by atoms with Gasteiger partial charge < -0.3 is 5.32 Å². The molecule has 1 N–H and O–H groups in total. The number of halogens is 2. The fraction of sp³-hybridized carbons (Fsp3) is 0.0556. The van der Waals surface area contributed by atoms with Crippen LogP contribution in [0.5, 0.6) is 0 Å². The van der Waals surface area contributed by atoms with Crippen molar-refractivity contribution in [1.82, 2.24) is 0 Å². The first kappa shape index (κ1) is 18.5. The molecule has 132 valence electrons. The van der Waals surface area contributed by atoms with Gasteiger partial charge in [-0.15, -0.1) is 11.8 Å². The molecule has 0 unspecified atom stereocenters. The Morgan fingerprint density at radius 3 is 2.42 bits per heavy atom. The Hall–Kier alpha value is -2.28. The van der Waals surface area contributed by atoms with Crippen LogP contribution in [0.1, 0.15) is 0 Å². The molecule has 0 heterocycles. The van der Waals surface area contributed by atoms with E-state index in [0.717, 1.165) is 27.8 Å². The molecule has 5 nitrogen and oxygen atoms in total. The summed E-state index contributed by atoms with van der Waals surface area (Å²) in [5.74, 6) is -0.155. The summed E-state index contributed by atoms with van der Waals surface area (Å²) in [6, 6.07) is 16.1. The van der Waals surface area contributed by atoms with Crippen molar-refractivity contribution < 1.29 is 9.72 Å². The predicted molar refractivity (Wildman–Crippen MR) is 106 cm³/mol. The number of hydrogen-bond donors (Lipinski definition) is 1. The molecule has 0 spiro atoms. The van der Waals surface area contributed by atoms with Gasteiger partial charge in [0.05, 0.1) is 26.4 Å². The van der Waals surface area contributed by atoms with Crippen LogP contribution in [-0.4, -0.2) is 16.6 Å². The molecule has 0 bridgehead atoms. The quantitative estimate of drug-likeness (QED) is 0.330. The van der Waals surface area contributed by atoms with Crippen LogP contribution < -0.4 is 5.32 Å². The molecule has 1 amide bonds. The molecule has 0 saturated carbocycles. The van der Waals surface area contributed by atoms with E-state index in [1.165, 1.54) is 11.8 Å². The van der Waals surface area contributed by atoms with Gasteiger partial charge in [0.2, 0.25) is 5.91 Å². The summed E-state index contributed by atoms with van der Waals surface area (Å²) in [5, 5.41) is 15.6. The largest absolute Gasteiger partial charge is 0.323 e. The van der Waals surface area contributed by atoms with Crippen LogP contribution >= 0.6 is 35.0 Å². The van der Waals surface area contributed by atoms with Crippen LogP contribution in [0.25, 0.3) is 10.8 Å². The summed E-state index contributed by atoms with van der Waals surface area (Å²) in [4.78, 5) is 23.5. The van der Waals surface area contributed by atoms with Crippen molar-refractivity contribution in [2.24, 2.45) is 0 Å². The third-order valence-electron chi connectivity index (χ3n) is 3.61. The number of rotatable bonds is 5. The standard InChI is InChI=1S/C18H12Cl2N2O3S/c19-14-8-12(22(24)25)9-15(20)18(14)21-17(23)10-26-16-7-3-5-11-4-1-2-6-13(11)16/h1-9H,10H2,(H,21,23). The molecule has 0 radical (unpaired) electrons. The minimum Gasteiger partial charge on any atom is -0.323 e. The molecular formula is C18H12Cl2N2O3S. The number of nitro groups is 1. The zero-order valence-corrected chi connectivity index (χ0v) is 15.6. The Bertz CT molecular complexity index is 982. The molecule has 0 aliphatic heterocycles. The summed E-state index contributed by atoms with van der Waals surface area (Å²) in [6.07, 6.45) is 0. The second-order valence-electron chi connectivity index (χ2n) is 5.36. The van der Waals surface area contributed by atoms with Crippen LogP contribution in [0.15, 0.2) is 59.5 Å². The van der Waals surface area contributed by atoms with E-state index in [1.54, 1.807) is 0 Å². The Kier molecular flexibility index (Phi) is 5.66. The van der Waals surface area contributed by atoms with E-state index in [2.05, 4.69) is 5.32 Å². The number of carbonyl (C=O) groups is 1. The highest BCUT2D eigenvalue weighted by atomic mass is 35.5. The van der Waals surface area contributed by atoms with E-state index in [9.17, 15) is 14.9 Å². The predicted octanol–water partition coefficient (Wildman–Crippen LogP) is 5.79. The van der Waals surface area contributed by atoms with E-state index in [4.69, 9.17) is 23.2 Å². The highest BCUT2D eigenvalue weighted by molar-refractivity contribution is 8.00. The SMILES string of the molecule is O=C(CSc1cccc2ccccc12)Nc1c(Cl)cc([N+](=O)[O-])cc1Cl. The van der Waals surface area contributed by atoms with E-state index in [1.807, 2.05) is 42.5 Å². The molecule has 3 rings (SSSR count). The maximum absolute atomic E-state index is 12.3. The van der Waals surface area contributed by atoms with Crippen molar-refractivity contribution in [2.45, 2.75) is 4.90 Å². The first-order valence-electron chi connectivity index (χ1n) is 7.49. The zero-order chi connectivity index (χ0) is 18.7.